The zero-order valence-corrected chi connectivity index (χ0v) is 12.9. The third kappa shape index (κ3) is 4.71. The summed E-state index contributed by atoms with van der Waals surface area (Å²) in [6, 6.07) is 8.58. The number of anilines is 1. The van der Waals surface area contributed by atoms with Gasteiger partial charge < -0.3 is 15.0 Å². The molecule has 1 aliphatic heterocycles. The summed E-state index contributed by atoms with van der Waals surface area (Å²) in [4.78, 5) is 2.45. The van der Waals surface area contributed by atoms with Crippen LogP contribution in [0.4, 0.5) is 5.69 Å². The number of ether oxygens (including phenoxy) is 1. The van der Waals surface area contributed by atoms with Gasteiger partial charge in [-0.25, -0.2) is 0 Å². The maximum atomic E-state index is 5.86. The second-order valence-electron chi connectivity index (χ2n) is 5.79. The highest BCUT2D eigenvalue weighted by atomic mass is 16.5. The van der Waals surface area contributed by atoms with Crippen molar-refractivity contribution in [3.8, 4) is 5.75 Å². The molecule has 0 bridgehead atoms. The highest BCUT2D eigenvalue weighted by Gasteiger charge is 2.09. The van der Waals surface area contributed by atoms with Gasteiger partial charge in [-0.1, -0.05) is 20.3 Å². The first-order valence-electron chi connectivity index (χ1n) is 7.98. The van der Waals surface area contributed by atoms with Gasteiger partial charge in [-0.3, -0.25) is 0 Å². The van der Waals surface area contributed by atoms with Gasteiger partial charge >= 0.3 is 0 Å². The van der Waals surface area contributed by atoms with Crippen molar-refractivity contribution in [2.45, 2.75) is 33.1 Å². The number of hydrogen-bond acceptors (Lipinski definition) is 3. The largest absolute Gasteiger partial charge is 0.493 e. The van der Waals surface area contributed by atoms with Gasteiger partial charge in [0.25, 0.3) is 0 Å². The van der Waals surface area contributed by atoms with Crippen LogP contribution in [0.25, 0.3) is 0 Å². The number of nitrogens with one attached hydrogen (secondary N) is 1. The molecular formula is C17H28N2O. The van der Waals surface area contributed by atoms with Gasteiger partial charge in [0.2, 0.25) is 0 Å². The third-order valence-corrected chi connectivity index (χ3v) is 3.86. The molecule has 3 heteroatoms. The zero-order chi connectivity index (χ0) is 14.2. The van der Waals surface area contributed by atoms with Crippen LogP contribution in [-0.2, 0) is 0 Å². The van der Waals surface area contributed by atoms with Gasteiger partial charge in [0.05, 0.1) is 6.61 Å². The molecule has 2 rings (SSSR count). The summed E-state index contributed by atoms with van der Waals surface area (Å²) >= 11 is 0. The molecule has 1 unspecified atom stereocenters. The van der Waals surface area contributed by atoms with Gasteiger partial charge in [-0.05, 0) is 49.6 Å². The summed E-state index contributed by atoms with van der Waals surface area (Å²) in [6.07, 6.45) is 3.68. The van der Waals surface area contributed by atoms with Crippen molar-refractivity contribution in [2.75, 3.05) is 37.7 Å². The fourth-order valence-electron chi connectivity index (χ4n) is 2.67. The van der Waals surface area contributed by atoms with Crippen molar-refractivity contribution < 1.29 is 4.74 Å². The Morgan fingerprint density at radius 1 is 1.20 bits per heavy atom. The average Bonchev–Trinajstić information content (AvgIpc) is 2.75. The zero-order valence-electron chi connectivity index (χ0n) is 12.9. The van der Waals surface area contributed by atoms with Crippen LogP contribution < -0.4 is 15.0 Å². The maximum absolute atomic E-state index is 5.86. The Balaban J connectivity index is 1.85. The van der Waals surface area contributed by atoms with Gasteiger partial charge in [0.15, 0.2) is 0 Å². The predicted octanol–water partition coefficient (Wildman–Crippen LogP) is 3.30. The fraction of sp³-hybridized carbons (Fsp3) is 0.647. The number of nitrogens with zero attached hydrogens (tertiary/aromatic N) is 1. The van der Waals surface area contributed by atoms with Crippen molar-refractivity contribution in [1.82, 2.24) is 5.32 Å². The molecule has 1 aromatic rings. The highest BCUT2D eigenvalue weighted by molar-refractivity contribution is 5.49. The molecule has 1 heterocycles. The van der Waals surface area contributed by atoms with Crippen LogP contribution in [0.5, 0.6) is 5.75 Å². The first kappa shape index (κ1) is 15.2. The van der Waals surface area contributed by atoms with Crippen molar-refractivity contribution in [3.63, 3.8) is 0 Å². The van der Waals surface area contributed by atoms with Crippen LogP contribution in [0, 0.1) is 5.92 Å². The Bertz CT molecular complexity index is 369. The number of benzene rings is 1. The van der Waals surface area contributed by atoms with E-state index in [1.165, 1.54) is 24.9 Å². The molecule has 0 aromatic heterocycles. The van der Waals surface area contributed by atoms with Gasteiger partial charge in [0, 0.05) is 25.3 Å². The normalized spacial score (nSPS) is 17.6. The topological polar surface area (TPSA) is 24.5 Å². The molecule has 1 saturated heterocycles. The molecule has 0 radical (unpaired) electrons. The van der Waals surface area contributed by atoms with Crippen molar-refractivity contribution >= 4 is 5.69 Å². The molecule has 0 spiro atoms. The highest BCUT2D eigenvalue weighted by Crippen LogP contribution is 2.21. The molecular weight excluding hydrogens is 248 g/mol. The quantitative estimate of drug-likeness (QED) is 0.863. The van der Waals surface area contributed by atoms with E-state index in [1.54, 1.807) is 0 Å². The minimum Gasteiger partial charge on any atom is -0.493 e. The van der Waals surface area contributed by atoms with Crippen LogP contribution in [0.15, 0.2) is 24.3 Å². The van der Waals surface area contributed by atoms with Crippen LogP contribution in [-0.4, -0.2) is 32.8 Å². The third-order valence-electron chi connectivity index (χ3n) is 3.86. The molecule has 20 heavy (non-hydrogen) atoms. The lowest BCUT2D eigenvalue weighted by Crippen LogP contribution is -2.27. The summed E-state index contributed by atoms with van der Waals surface area (Å²) in [5, 5.41) is 3.44. The van der Waals surface area contributed by atoms with Crippen LogP contribution in [0.3, 0.4) is 0 Å². The molecule has 1 aromatic carbocycles. The van der Waals surface area contributed by atoms with E-state index in [-0.39, 0.29) is 0 Å². The minimum absolute atomic E-state index is 0.636. The average molecular weight is 276 g/mol. The van der Waals surface area contributed by atoms with E-state index in [0.717, 1.165) is 38.5 Å². The minimum atomic E-state index is 0.636. The van der Waals surface area contributed by atoms with E-state index in [1.807, 2.05) is 0 Å². The predicted molar refractivity (Wildman–Crippen MR) is 85.7 cm³/mol. The summed E-state index contributed by atoms with van der Waals surface area (Å²) < 4.78 is 5.86. The monoisotopic (exact) mass is 276 g/mol. The van der Waals surface area contributed by atoms with Crippen LogP contribution >= 0.6 is 0 Å². The Morgan fingerprint density at radius 3 is 2.75 bits per heavy atom. The standard InChI is InChI=1S/C17H28N2O/c1-3-5-15(2)14-20-17-8-6-16(7-9-17)19-12-4-10-18-11-13-19/h6-9,15,18H,3-5,10-14H2,1-2H3. The van der Waals surface area contributed by atoms with Gasteiger partial charge in [-0.2, -0.15) is 0 Å². The molecule has 0 aliphatic carbocycles. The van der Waals surface area contributed by atoms with E-state index in [2.05, 4.69) is 48.3 Å². The molecule has 112 valence electrons. The molecule has 3 nitrogen and oxygen atoms in total. The van der Waals surface area contributed by atoms with E-state index >= 15 is 0 Å². The molecule has 1 fully saturated rings. The van der Waals surface area contributed by atoms with Crippen molar-refractivity contribution in [1.29, 1.82) is 0 Å². The second-order valence-corrected chi connectivity index (χ2v) is 5.79. The molecule has 1 atom stereocenters. The summed E-state index contributed by atoms with van der Waals surface area (Å²) in [7, 11) is 0. The Labute approximate surface area is 123 Å². The molecule has 0 amide bonds. The summed E-state index contributed by atoms with van der Waals surface area (Å²) in [5.41, 5.74) is 1.31. The number of hydrogen-bond donors (Lipinski definition) is 1. The van der Waals surface area contributed by atoms with E-state index in [4.69, 9.17) is 4.74 Å². The fourth-order valence-corrected chi connectivity index (χ4v) is 2.67. The molecule has 0 saturated carbocycles. The van der Waals surface area contributed by atoms with Gasteiger partial charge in [-0.15, -0.1) is 0 Å². The van der Waals surface area contributed by atoms with E-state index < -0.39 is 0 Å². The Kier molecular flexibility index (Phi) is 6.19. The lowest BCUT2D eigenvalue weighted by atomic mass is 10.1. The Morgan fingerprint density at radius 2 is 2.00 bits per heavy atom. The lowest BCUT2D eigenvalue weighted by molar-refractivity contribution is 0.251. The SMILES string of the molecule is CCCC(C)COc1ccc(N2CCCNCC2)cc1. The van der Waals surface area contributed by atoms with E-state index in [0.29, 0.717) is 5.92 Å². The second kappa shape index (κ2) is 8.15. The molecule has 1 aliphatic rings. The smallest absolute Gasteiger partial charge is 0.119 e. The van der Waals surface area contributed by atoms with Crippen LogP contribution in [0.1, 0.15) is 33.1 Å². The lowest BCUT2D eigenvalue weighted by Gasteiger charge is -2.22. The first-order chi connectivity index (χ1) is 9.79. The maximum Gasteiger partial charge on any atom is 0.119 e. The van der Waals surface area contributed by atoms with Crippen LogP contribution in [0.2, 0.25) is 0 Å². The summed E-state index contributed by atoms with van der Waals surface area (Å²) in [6.45, 7) is 9.73. The number of rotatable bonds is 6. The van der Waals surface area contributed by atoms with Crippen molar-refractivity contribution in [2.24, 2.45) is 5.92 Å². The summed E-state index contributed by atoms with van der Waals surface area (Å²) in [5.74, 6) is 1.63. The van der Waals surface area contributed by atoms with Gasteiger partial charge in [0.1, 0.15) is 5.75 Å². The van der Waals surface area contributed by atoms with E-state index in [9.17, 15) is 0 Å². The van der Waals surface area contributed by atoms with Crippen molar-refractivity contribution in [3.05, 3.63) is 24.3 Å². The Hall–Kier alpha value is -1.22. The first-order valence-corrected chi connectivity index (χ1v) is 7.98. The molecule has 1 N–H and O–H groups in total.